The van der Waals surface area contributed by atoms with E-state index in [2.05, 4.69) is 105 Å². The number of carbonyl (C=O) groups excluding carboxylic acids is 1. The first-order valence-electron chi connectivity index (χ1n) is 24.3. The Hall–Kier alpha value is -3.11. The van der Waals surface area contributed by atoms with Crippen molar-refractivity contribution in [3.8, 4) is 0 Å². The molecule has 0 rings (SSSR count). The van der Waals surface area contributed by atoms with Crippen LogP contribution in [0.5, 0.6) is 0 Å². The highest BCUT2D eigenvalue weighted by Gasteiger charge is 2.27. The summed E-state index contributed by atoms with van der Waals surface area (Å²) in [6.45, 7) is 3.66. The molecule has 0 aromatic heterocycles. The average Bonchev–Trinajstić information content (AvgIpc) is 3.26. The summed E-state index contributed by atoms with van der Waals surface area (Å²) in [6, 6.07) is -1.49. The zero-order chi connectivity index (χ0) is 46.2. The first-order valence-corrected chi connectivity index (χ1v) is 25.8. The van der Waals surface area contributed by atoms with Crippen LogP contribution in [-0.2, 0) is 32.7 Å². The monoisotopic (exact) mass is 902 g/mol. The van der Waals surface area contributed by atoms with Crippen molar-refractivity contribution in [3.05, 3.63) is 97.2 Å². The number of rotatable bonds is 45. The predicted molar refractivity (Wildman–Crippen MR) is 263 cm³/mol. The van der Waals surface area contributed by atoms with Crippen molar-refractivity contribution in [2.75, 3.05) is 26.4 Å². The molecule has 11 heteroatoms. The molecule has 0 fully saturated rings. The quantitative estimate of drug-likeness (QED) is 0.0233. The number of carboxylic acid groups (broad SMARTS) is 1. The van der Waals surface area contributed by atoms with E-state index in [1.165, 1.54) is 77.0 Å². The lowest BCUT2D eigenvalue weighted by Crippen LogP contribution is -2.34. The minimum Gasteiger partial charge on any atom is -0.480 e. The van der Waals surface area contributed by atoms with Gasteiger partial charge in [0.1, 0.15) is 12.1 Å². The fraction of sp³-hybridized carbons (Fsp3) is 0.654. The van der Waals surface area contributed by atoms with Gasteiger partial charge >= 0.3 is 19.8 Å². The summed E-state index contributed by atoms with van der Waals surface area (Å²) in [7, 11) is -4.64. The Morgan fingerprint density at radius 3 is 1.38 bits per heavy atom. The molecule has 10 nitrogen and oxygen atoms in total. The molecule has 63 heavy (non-hydrogen) atoms. The SMILES string of the molecule is CC/C=C\C/C=C\C/C=C\C/C=C\C/C=C\CCCC(=O)OC(COCCCCCCCCCCC/C=C\C/C=C\C/C=C\CCCCCCC)COP(=O)(O)OCC(N)C(=O)O. The summed E-state index contributed by atoms with van der Waals surface area (Å²) < 4.78 is 33.4. The summed E-state index contributed by atoms with van der Waals surface area (Å²) in [5.41, 5.74) is 5.36. The van der Waals surface area contributed by atoms with Gasteiger partial charge in [0.25, 0.3) is 0 Å². The van der Waals surface area contributed by atoms with Crippen molar-refractivity contribution < 1.29 is 42.7 Å². The van der Waals surface area contributed by atoms with Gasteiger partial charge in [-0.3, -0.25) is 18.6 Å². The summed E-state index contributed by atoms with van der Waals surface area (Å²) in [4.78, 5) is 33.6. The highest BCUT2D eigenvalue weighted by atomic mass is 31.2. The van der Waals surface area contributed by atoms with E-state index in [0.29, 0.717) is 19.4 Å². The Labute approximate surface area is 383 Å². The van der Waals surface area contributed by atoms with Crippen molar-refractivity contribution in [2.24, 2.45) is 5.73 Å². The van der Waals surface area contributed by atoms with Crippen LogP contribution in [0.1, 0.15) is 181 Å². The second-order valence-corrected chi connectivity index (χ2v) is 17.3. The lowest BCUT2D eigenvalue weighted by Gasteiger charge is -2.20. The Kier molecular flexibility index (Phi) is 44.6. The molecule has 0 saturated carbocycles. The summed E-state index contributed by atoms with van der Waals surface area (Å²) in [5.74, 6) is -1.85. The number of esters is 1. The van der Waals surface area contributed by atoms with E-state index in [0.717, 1.165) is 70.6 Å². The van der Waals surface area contributed by atoms with Gasteiger partial charge in [-0.2, -0.15) is 0 Å². The predicted octanol–water partition coefficient (Wildman–Crippen LogP) is 14.1. The number of hydrogen-bond donors (Lipinski definition) is 3. The van der Waals surface area contributed by atoms with Crippen LogP contribution in [0.2, 0.25) is 0 Å². The van der Waals surface area contributed by atoms with Crippen molar-refractivity contribution in [2.45, 2.75) is 193 Å². The first-order chi connectivity index (χ1) is 30.7. The standard InChI is InChI=1S/C52H88NO9P/c1-3-5-7-9-11-13-15-17-19-21-22-23-24-25-26-27-29-31-33-35-37-39-41-43-45-59-46-49(47-60-63(57,58)61-48-50(53)52(55)56)62-51(54)44-42-40-38-36-34-32-30-28-20-18-16-14-12-10-8-6-4-2/h6,8,12,14-15,17-18,20-22,24-25,30,32,36,38,49-50H,3-5,7,9-11,13,16,19,23,26-29,31,33-35,37,39-48,53H2,1-2H3,(H,55,56)(H,57,58)/b8-6-,14-12-,17-15-,20-18-,22-21-,25-24-,32-30-,38-36-. The maximum Gasteiger partial charge on any atom is 0.472 e. The van der Waals surface area contributed by atoms with Gasteiger partial charge in [-0.1, -0.05) is 182 Å². The number of carbonyl (C=O) groups is 2. The topological polar surface area (TPSA) is 155 Å². The maximum atomic E-state index is 12.6. The van der Waals surface area contributed by atoms with Crippen molar-refractivity contribution in [1.29, 1.82) is 0 Å². The van der Waals surface area contributed by atoms with E-state index in [-0.39, 0.29) is 13.0 Å². The number of allylic oxidation sites excluding steroid dienone is 16. The minimum absolute atomic E-state index is 0.0159. The van der Waals surface area contributed by atoms with Crippen LogP contribution in [0, 0.1) is 0 Å². The van der Waals surface area contributed by atoms with E-state index < -0.39 is 45.1 Å². The zero-order valence-electron chi connectivity index (χ0n) is 39.4. The molecule has 360 valence electrons. The lowest BCUT2D eigenvalue weighted by atomic mass is 10.1. The van der Waals surface area contributed by atoms with Gasteiger partial charge in [0.15, 0.2) is 0 Å². The second kappa shape index (κ2) is 46.9. The Morgan fingerprint density at radius 2 is 0.921 bits per heavy atom. The number of aliphatic carboxylic acids is 1. The molecule has 0 aromatic rings. The second-order valence-electron chi connectivity index (χ2n) is 15.9. The number of ether oxygens (including phenoxy) is 2. The molecule has 4 N–H and O–H groups in total. The third-order valence-corrected chi connectivity index (χ3v) is 10.8. The molecule has 0 heterocycles. The molecule has 3 atom stereocenters. The average molecular weight is 902 g/mol. The smallest absolute Gasteiger partial charge is 0.472 e. The van der Waals surface area contributed by atoms with Crippen LogP contribution in [0.15, 0.2) is 97.2 Å². The minimum atomic E-state index is -4.64. The third-order valence-electron chi connectivity index (χ3n) is 9.85. The normalized spacial score (nSPS) is 14.6. The number of phosphoric ester groups is 1. The zero-order valence-corrected chi connectivity index (χ0v) is 40.3. The molecule has 0 aromatic carbocycles. The van der Waals surface area contributed by atoms with Crippen LogP contribution in [0.4, 0.5) is 0 Å². The van der Waals surface area contributed by atoms with Crippen molar-refractivity contribution in [3.63, 3.8) is 0 Å². The van der Waals surface area contributed by atoms with Gasteiger partial charge in [0.05, 0.1) is 19.8 Å². The van der Waals surface area contributed by atoms with Crippen LogP contribution in [0.25, 0.3) is 0 Å². The molecular formula is C52H88NO9P. The molecule has 0 aliphatic carbocycles. The van der Waals surface area contributed by atoms with Crippen molar-refractivity contribution in [1.82, 2.24) is 0 Å². The van der Waals surface area contributed by atoms with E-state index in [1.807, 2.05) is 6.08 Å². The molecule has 0 aliphatic rings. The fourth-order valence-electron chi connectivity index (χ4n) is 6.12. The maximum absolute atomic E-state index is 12.6. The third kappa shape index (κ3) is 46.7. The highest BCUT2D eigenvalue weighted by molar-refractivity contribution is 7.47. The molecule has 0 radical (unpaired) electrons. The van der Waals surface area contributed by atoms with E-state index in [9.17, 15) is 19.0 Å². The molecule has 3 unspecified atom stereocenters. The Bertz CT molecular complexity index is 1370. The van der Waals surface area contributed by atoms with Crippen LogP contribution in [0.3, 0.4) is 0 Å². The number of carboxylic acids is 1. The Balaban J connectivity index is 4.26. The lowest BCUT2D eigenvalue weighted by molar-refractivity contribution is -0.154. The largest absolute Gasteiger partial charge is 0.480 e. The van der Waals surface area contributed by atoms with Gasteiger partial charge in [-0.15, -0.1) is 0 Å². The van der Waals surface area contributed by atoms with E-state index in [4.69, 9.17) is 29.4 Å². The van der Waals surface area contributed by atoms with Gasteiger partial charge in [0.2, 0.25) is 0 Å². The number of nitrogens with two attached hydrogens (primary N) is 1. The first kappa shape index (κ1) is 59.9. The number of unbranched alkanes of at least 4 members (excludes halogenated alkanes) is 15. The summed E-state index contributed by atoms with van der Waals surface area (Å²) >= 11 is 0. The summed E-state index contributed by atoms with van der Waals surface area (Å²) in [5, 5.41) is 8.92. The summed E-state index contributed by atoms with van der Waals surface area (Å²) in [6.07, 6.45) is 61.9. The molecule has 0 amide bonds. The molecular weight excluding hydrogens is 814 g/mol. The van der Waals surface area contributed by atoms with E-state index in [1.54, 1.807) is 0 Å². The molecule has 0 spiro atoms. The molecule has 0 aliphatic heterocycles. The number of hydrogen-bond acceptors (Lipinski definition) is 8. The van der Waals surface area contributed by atoms with Crippen molar-refractivity contribution >= 4 is 19.8 Å². The van der Waals surface area contributed by atoms with Gasteiger partial charge < -0.3 is 25.2 Å². The van der Waals surface area contributed by atoms with Gasteiger partial charge in [-0.05, 0) is 89.9 Å². The Morgan fingerprint density at radius 1 is 0.524 bits per heavy atom. The van der Waals surface area contributed by atoms with Crippen LogP contribution >= 0.6 is 7.82 Å². The van der Waals surface area contributed by atoms with Crippen LogP contribution < -0.4 is 5.73 Å². The van der Waals surface area contributed by atoms with Gasteiger partial charge in [0, 0.05) is 13.0 Å². The molecule has 0 saturated heterocycles. The van der Waals surface area contributed by atoms with Crippen LogP contribution in [-0.4, -0.2) is 60.5 Å². The van der Waals surface area contributed by atoms with Gasteiger partial charge in [-0.25, -0.2) is 4.57 Å². The number of phosphoric acid groups is 1. The molecule has 0 bridgehead atoms. The highest BCUT2D eigenvalue weighted by Crippen LogP contribution is 2.43. The van der Waals surface area contributed by atoms with E-state index >= 15 is 0 Å². The fourth-order valence-corrected chi connectivity index (χ4v) is 6.89.